The molecule has 2 amide bonds. The number of hydrogen-bond donors (Lipinski definition) is 1. The lowest BCUT2D eigenvalue weighted by Crippen LogP contribution is -2.59. The molecule has 39 heavy (non-hydrogen) atoms. The Morgan fingerprint density at radius 2 is 2.03 bits per heavy atom. The molecule has 2 bridgehead atoms. The lowest BCUT2D eigenvalue weighted by Gasteiger charge is -2.41. The van der Waals surface area contributed by atoms with E-state index in [0.717, 1.165) is 12.0 Å². The van der Waals surface area contributed by atoms with Crippen LogP contribution in [0.4, 0.5) is 0 Å². The molecule has 1 spiro atoms. The SMILES string of the molecule is C=CCCCOC(=O)[C@@H]1[C@@H]2CCC3(O2)C(C(=O)N(CC=C)Cc2ccccc2)N([C@@H](CO)[C@@H](C)CC)C(=O)[C@H]13. The third-order valence-corrected chi connectivity index (χ3v) is 8.76. The molecule has 0 aromatic heterocycles. The molecule has 1 aromatic carbocycles. The number of allylic oxidation sites excluding steroid dienone is 1. The van der Waals surface area contributed by atoms with Crippen LogP contribution < -0.4 is 0 Å². The average molecular weight is 539 g/mol. The second-order valence-corrected chi connectivity index (χ2v) is 11.0. The molecule has 3 aliphatic heterocycles. The lowest BCUT2D eigenvalue weighted by molar-refractivity contribution is -0.157. The summed E-state index contributed by atoms with van der Waals surface area (Å²) in [6, 6.07) is 8.14. The minimum Gasteiger partial charge on any atom is -0.465 e. The van der Waals surface area contributed by atoms with Crippen molar-refractivity contribution in [3.8, 4) is 0 Å². The minimum atomic E-state index is -1.14. The first-order valence-electron chi connectivity index (χ1n) is 14.2. The number of fused-ring (bicyclic) bond motifs is 1. The molecular formula is C31H42N2O6. The number of nitrogens with zero attached hydrogens (tertiary/aromatic N) is 2. The molecule has 1 N–H and O–H groups in total. The smallest absolute Gasteiger partial charge is 0.312 e. The quantitative estimate of drug-likeness (QED) is 0.221. The number of likely N-dealkylation sites (tertiary alicyclic amines) is 1. The number of hydrogen-bond acceptors (Lipinski definition) is 6. The maximum Gasteiger partial charge on any atom is 0.312 e. The fourth-order valence-electron chi connectivity index (χ4n) is 6.67. The highest BCUT2D eigenvalue weighted by Crippen LogP contribution is 2.59. The standard InChI is InChI=1S/C31H42N2O6/c1-5-8-12-18-38-30(37)25-24-15-16-31(39-24)26(25)28(35)33(23(20-34)21(4)7-3)27(31)29(36)32(17-6-2)19-22-13-10-9-11-14-22/h5-6,9-11,13-14,21,23-27,34H,1-2,7-8,12,15-20H2,3-4H3/t21-,23-,24-,25+,26-,27?,31?/m0/s1. The van der Waals surface area contributed by atoms with Gasteiger partial charge in [-0.15, -0.1) is 13.2 Å². The third-order valence-electron chi connectivity index (χ3n) is 8.76. The molecule has 0 aliphatic carbocycles. The van der Waals surface area contributed by atoms with E-state index in [-0.39, 0.29) is 30.9 Å². The zero-order valence-corrected chi connectivity index (χ0v) is 23.2. The molecule has 2 unspecified atom stereocenters. The molecule has 3 saturated heterocycles. The Bertz CT molecular complexity index is 1060. The van der Waals surface area contributed by atoms with Crippen LogP contribution in [0.25, 0.3) is 0 Å². The zero-order valence-electron chi connectivity index (χ0n) is 23.2. The van der Waals surface area contributed by atoms with Crippen molar-refractivity contribution in [2.24, 2.45) is 17.8 Å². The Labute approximate surface area is 231 Å². The molecule has 0 saturated carbocycles. The van der Waals surface area contributed by atoms with Crippen molar-refractivity contribution in [1.82, 2.24) is 9.80 Å². The van der Waals surface area contributed by atoms with Crippen LogP contribution in [0.5, 0.6) is 0 Å². The van der Waals surface area contributed by atoms with Gasteiger partial charge >= 0.3 is 5.97 Å². The summed E-state index contributed by atoms with van der Waals surface area (Å²) in [6.45, 7) is 12.1. The second-order valence-electron chi connectivity index (χ2n) is 11.0. The molecular weight excluding hydrogens is 496 g/mol. The highest BCUT2D eigenvalue weighted by molar-refractivity contribution is 5.98. The first-order valence-corrected chi connectivity index (χ1v) is 14.2. The van der Waals surface area contributed by atoms with E-state index in [9.17, 15) is 19.5 Å². The number of rotatable bonds is 14. The number of ether oxygens (including phenoxy) is 2. The molecule has 212 valence electrons. The van der Waals surface area contributed by atoms with Gasteiger partial charge in [0.25, 0.3) is 0 Å². The van der Waals surface area contributed by atoms with Crippen LogP contribution in [-0.4, -0.2) is 76.2 Å². The van der Waals surface area contributed by atoms with Crippen LogP contribution >= 0.6 is 0 Å². The third kappa shape index (κ3) is 5.29. The van der Waals surface area contributed by atoms with Crippen molar-refractivity contribution < 1.29 is 29.0 Å². The van der Waals surface area contributed by atoms with Gasteiger partial charge in [-0.25, -0.2) is 0 Å². The van der Waals surface area contributed by atoms with Crippen molar-refractivity contribution >= 4 is 17.8 Å². The summed E-state index contributed by atoms with van der Waals surface area (Å²) >= 11 is 0. The maximum absolute atomic E-state index is 14.5. The molecule has 3 heterocycles. The molecule has 8 heteroatoms. The van der Waals surface area contributed by atoms with Gasteiger partial charge in [0.2, 0.25) is 11.8 Å². The van der Waals surface area contributed by atoms with Crippen LogP contribution in [0, 0.1) is 17.8 Å². The van der Waals surface area contributed by atoms with Crippen molar-refractivity contribution in [1.29, 1.82) is 0 Å². The zero-order chi connectivity index (χ0) is 28.2. The van der Waals surface area contributed by atoms with Crippen molar-refractivity contribution in [3.05, 3.63) is 61.2 Å². The van der Waals surface area contributed by atoms with E-state index in [1.54, 1.807) is 22.0 Å². The van der Waals surface area contributed by atoms with Crippen LogP contribution in [0.1, 0.15) is 51.5 Å². The normalized spacial score (nSPS) is 28.6. The van der Waals surface area contributed by atoms with E-state index in [1.807, 2.05) is 44.2 Å². The number of benzene rings is 1. The molecule has 7 atom stereocenters. The van der Waals surface area contributed by atoms with Crippen molar-refractivity contribution in [3.63, 3.8) is 0 Å². The van der Waals surface area contributed by atoms with E-state index in [0.29, 0.717) is 38.8 Å². The summed E-state index contributed by atoms with van der Waals surface area (Å²) in [6.07, 6.45) is 6.13. The Morgan fingerprint density at radius 3 is 2.67 bits per heavy atom. The van der Waals surface area contributed by atoms with Gasteiger partial charge < -0.3 is 24.4 Å². The number of aliphatic hydroxyl groups excluding tert-OH is 1. The molecule has 1 aromatic rings. The second kappa shape index (κ2) is 12.5. The highest BCUT2D eigenvalue weighted by atomic mass is 16.6. The summed E-state index contributed by atoms with van der Waals surface area (Å²) < 4.78 is 12.1. The predicted molar refractivity (Wildman–Crippen MR) is 147 cm³/mol. The van der Waals surface area contributed by atoms with Gasteiger partial charge in [0.1, 0.15) is 11.6 Å². The Hall–Kier alpha value is -2.97. The summed E-state index contributed by atoms with van der Waals surface area (Å²) in [5.74, 6) is -2.66. The fourth-order valence-corrected chi connectivity index (χ4v) is 6.67. The van der Waals surface area contributed by atoms with Crippen molar-refractivity contribution in [2.75, 3.05) is 19.8 Å². The van der Waals surface area contributed by atoms with Gasteiger partial charge in [0.05, 0.1) is 37.2 Å². The Kier molecular flexibility index (Phi) is 9.28. The van der Waals surface area contributed by atoms with Gasteiger partial charge in [-0.1, -0.05) is 62.8 Å². The summed E-state index contributed by atoms with van der Waals surface area (Å²) in [4.78, 5) is 45.3. The van der Waals surface area contributed by atoms with E-state index < -0.39 is 41.6 Å². The van der Waals surface area contributed by atoms with Crippen LogP contribution in [0.3, 0.4) is 0 Å². The van der Waals surface area contributed by atoms with E-state index >= 15 is 0 Å². The van der Waals surface area contributed by atoms with Gasteiger partial charge in [-0.05, 0) is 37.2 Å². The Balaban J connectivity index is 1.72. The van der Waals surface area contributed by atoms with Crippen LogP contribution in [0.2, 0.25) is 0 Å². The van der Waals surface area contributed by atoms with E-state index in [1.165, 1.54) is 0 Å². The molecule has 3 fully saturated rings. The summed E-state index contributed by atoms with van der Waals surface area (Å²) in [5, 5.41) is 10.5. The number of aliphatic hydroxyl groups is 1. The van der Waals surface area contributed by atoms with Crippen LogP contribution in [-0.2, 0) is 30.4 Å². The topological polar surface area (TPSA) is 96.4 Å². The molecule has 4 rings (SSSR count). The summed E-state index contributed by atoms with van der Waals surface area (Å²) in [7, 11) is 0. The van der Waals surface area contributed by atoms with Gasteiger partial charge in [-0.3, -0.25) is 14.4 Å². The fraction of sp³-hybridized carbons (Fsp3) is 0.581. The van der Waals surface area contributed by atoms with Crippen LogP contribution in [0.15, 0.2) is 55.6 Å². The highest BCUT2D eigenvalue weighted by Gasteiger charge is 2.75. The molecule has 8 nitrogen and oxygen atoms in total. The van der Waals surface area contributed by atoms with Gasteiger partial charge in [0, 0.05) is 13.1 Å². The number of unbranched alkanes of at least 4 members (excludes halogenated alkanes) is 1. The number of carbonyl (C=O) groups excluding carboxylic acids is 3. The number of carbonyl (C=O) groups is 3. The predicted octanol–water partition coefficient (Wildman–Crippen LogP) is 3.49. The first-order chi connectivity index (χ1) is 18.8. The molecule has 3 aliphatic rings. The van der Waals surface area contributed by atoms with Crippen molar-refractivity contribution in [2.45, 2.75) is 76.3 Å². The molecule has 0 radical (unpaired) electrons. The van der Waals surface area contributed by atoms with E-state index in [4.69, 9.17) is 9.47 Å². The minimum absolute atomic E-state index is 0.0621. The Morgan fingerprint density at radius 1 is 1.28 bits per heavy atom. The monoisotopic (exact) mass is 538 g/mol. The largest absolute Gasteiger partial charge is 0.465 e. The van der Waals surface area contributed by atoms with E-state index in [2.05, 4.69) is 13.2 Å². The first kappa shape index (κ1) is 29.0. The summed E-state index contributed by atoms with van der Waals surface area (Å²) in [5.41, 5.74) is -0.184. The van der Waals surface area contributed by atoms with Gasteiger partial charge in [0.15, 0.2) is 0 Å². The number of amides is 2. The lowest BCUT2D eigenvalue weighted by atomic mass is 9.70. The van der Waals surface area contributed by atoms with Gasteiger partial charge in [-0.2, -0.15) is 0 Å². The number of esters is 1. The average Bonchev–Trinajstić information content (AvgIpc) is 3.59. The maximum atomic E-state index is 14.5.